The van der Waals surface area contributed by atoms with E-state index >= 15 is 0 Å². The molecule has 1 aromatic carbocycles. The summed E-state index contributed by atoms with van der Waals surface area (Å²) in [5, 5.41) is 13.3. The zero-order valence-electron chi connectivity index (χ0n) is 12.1. The third-order valence-corrected chi connectivity index (χ3v) is 4.40. The number of nitrogens with two attached hydrogens (primary N) is 2. The Hall–Kier alpha value is -1.92. The quantitative estimate of drug-likeness (QED) is 0.634. The number of nitrogen functional groups attached to an aromatic ring is 2. The molecule has 2 aromatic rings. The third kappa shape index (κ3) is 3.59. The summed E-state index contributed by atoms with van der Waals surface area (Å²) in [6.07, 6.45) is -0.581. The predicted octanol–water partition coefficient (Wildman–Crippen LogP) is 2.50. The van der Waals surface area contributed by atoms with Crippen molar-refractivity contribution in [1.29, 1.82) is 0 Å². The lowest BCUT2D eigenvalue weighted by molar-refractivity contribution is 0.179. The molecule has 5 nitrogen and oxygen atoms in total. The fraction of sp³-hybridized carbons (Fsp3) is 0.267. The molecule has 2 rings (SSSR count). The number of hydrogen-bond donors (Lipinski definition) is 4. The Bertz CT molecular complexity index is 606. The lowest BCUT2D eigenvalue weighted by Crippen LogP contribution is -2.12. The van der Waals surface area contributed by atoms with Crippen molar-refractivity contribution in [2.75, 3.05) is 23.8 Å². The summed E-state index contributed by atoms with van der Waals surface area (Å²) >= 11 is 1.48. The SMILES string of the molecule is CNc1nc(N)cc(SC(C)C(O)c2ccccc2)c1N. The van der Waals surface area contributed by atoms with E-state index in [1.807, 2.05) is 37.3 Å². The van der Waals surface area contributed by atoms with Gasteiger partial charge in [0.1, 0.15) is 5.82 Å². The molecule has 1 heterocycles. The molecule has 0 aliphatic heterocycles. The summed E-state index contributed by atoms with van der Waals surface area (Å²) in [6, 6.07) is 11.3. The molecule has 2 atom stereocenters. The number of thioether (sulfide) groups is 1. The smallest absolute Gasteiger partial charge is 0.152 e. The number of pyridine rings is 1. The molecule has 0 amide bonds. The molecule has 0 aliphatic rings. The van der Waals surface area contributed by atoms with E-state index in [4.69, 9.17) is 11.5 Å². The van der Waals surface area contributed by atoms with Gasteiger partial charge >= 0.3 is 0 Å². The van der Waals surface area contributed by atoms with Crippen LogP contribution in [0.2, 0.25) is 0 Å². The maximum absolute atomic E-state index is 10.4. The summed E-state index contributed by atoms with van der Waals surface area (Å²) in [5.74, 6) is 0.955. The van der Waals surface area contributed by atoms with E-state index < -0.39 is 6.10 Å². The lowest BCUT2D eigenvalue weighted by atomic mass is 10.1. The zero-order valence-corrected chi connectivity index (χ0v) is 12.9. The van der Waals surface area contributed by atoms with E-state index in [0.29, 0.717) is 17.3 Å². The number of aliphatic hydroxyl groups excluding tert-OH is 1. The van der Waals surface area contributed by atoms with Gasteiger partial charge in [0, 0.05) is 17.2 Å². The molecule has 1 aromatic heterocycles. The van der Waals surface area contributed by atoms with Crippen LogP contribution in [0.3, 0.4) is 0 Å². The minimum atomic E-state index is -0.581. The zero-order chi connectivity index (χ0) is 15.4. The maximum atomic E-state index is 10.4. The van der Waals surface area contributed by atoms with Gasteiger partial charge in [-0.25, -0.2) is 4.98 Å². The fourth-order valence-corrected chi connectivity index (χ4v) is 3.12. The Morgan fingerprint density at radius 2 is 1.90 bits per heavy atom. The average Bonchev–Trinajstić information content (AvgIpc) is 2.50. The lowest BCUT2D eigenvalue weighted by Gasteiger charge is -2.20. The van der Waals surface area contributed by atoms with Crippen molar-refractivity contribution in [3.05, 3.63) is 42.0 Å². The van der Waals surface area contributed by atoms with Crippen molar-refractivity contribution in [1.82, 2.24) is 4.98 Å². The van der Waals surface area contributed by atoms with Gasteiger partial charge in [-0.15, -0.1) is 11.8 Å². The minimum absolute atomic E-state index is 0.0683. The van der Waals surface area contributed by atoms with E-state index in [2.05, 4.69) is 10.3 Å². The molecule has 0 radical (unpaired) electrons. The summed E-state index contributed by atoms with van der Waals surface area (Å²) in [5.41, 5.74) is 13.3. The van der Waals surface area contributed by atoms with Gasteiger partial charge in [0.05, 0.1) is 11.8 Å². The highest BCUT2D eigenvalue weighted by atomic mass is 32.2. The highest BCUT2D eigenvalue weighted by Crippen LogP contribution is 2.37. The van der Waals surface area contributed by atoms with Crippen molar-refractivity contribution in [2.45, 2.75) is 23.2 Å². The maximum Gasteiger partial charge on any atom is 0.152 e. The van der Waals surface area contributed by atoms with Crippen LogP contribution in [-0.2, 0) is 0 Å². The Morgan fingerprint density at radius 1 is 1.24 bits per heavy atom. The van der Waals surface area contributed by atoms with E-state index in [9.17, 15) is 5.11 Å². The van der Waals surface area contributed by atoms with Gasteiger partial charge in [0.25, 0.3) is 0 Å². The fourth-order valence-electron chi connectivity index (χ4n) is 2.02. The van der Waals surface area contributed by atoms with Crippen molar-refractivity contribution in [2.24, 2.45) is 0 Å². The second-order valence-corrected chi connectivity index (χ2v) is 6.16. The number of nitrogens with zero attached hydrogens (tertiary/aromatic N) is 1. The molecular formula is C15H20N4OS. The molecule has 0 saturated carbocycles. The molecule has 2 unspecified atom stereocenters. The highest BCUT2D eigenvalue weighted by Gasteiger charge is 2.19. The van der Waals surface area contributed by atoms with Crippen molar-refractivity contribution in [3.8, 4) is 0 Å². The van der Waals surface area contributed by atoms with Crippen molar-refractivity contribution in [3.63, 3.8) is 0 Å². The van der Waals surface area contributed by atoms with Crippen LogP contribution in [0.15, 0.2) is 41.3 Å². The topological polar surface area (TPSA) is 97.2 Å². The van der Waals surface area contributed by atoms with Crippen LogP contribution in [0.25, 0.3) is 0 Å². The van der Waals surface area contributed by atoms with Gasteiger partial charge in [-0.1, -0.05) is 37.3 Å². The predicted molar refractivity (Wildman–Crippen MR) is 89.3 cm³/mol. The molecule has 0 aliphatic carbocycles. The molecule has 21 heavy (non-hydrogen) atoms. The van der Waals surface area contributed by atoms with E-state index in [-0.39, 0.29) is 5.25 Å². The number of rotatable bonds is 5. The summed E-state index contributed by atoms with van der Waals surface area (Å²) in [7, 11) is 1.74. The standard InChI is InChI=1S/C15H20N4OS/c1-9(14(20)10-6-4-3-5-7-10)21-11-8-12(16)19-15(18-2)13(11)17/h3-9,14,20H,17H2,1-2H3,(H3,16,18,19). The van der Waals surface area contributed by atoms with Crippen LogP contribution in [0, 0.1) is 0 Å². The van der Waals surface area contributed by atoms with Gasteiger partial charge in [-0.3, -0.25) is 0 Å². The Kier molecular flexibility index (Phi) is 4.93. The first-order chi connectivity index (χ1) is 10.0. The first-order valence-electron chi connectivity index (χ1n) is 6.66. The second kappa shape index (κ2) is 6.69. The van der Waals surface area contributed by atoms with Gasteiger partial charge in [-0.05, 0) is 11.6 Å². The number of nitrogens with one attached hydrogen (secondary N) is 1. The Morgan fingerprint density at radius 3 is 2.52 bits per heavy atom. The normalized spacial score (nSPS) is 13.7. The molecule has 6 heteroatoms. The molecule has 0 spiro atoms. The number of aliphatic hydroxyl groups is 1. The number of benzene rings is 1. The van der Waals surface area contributed by atoms with Crippen LogP contribution in [-0.4, -0.2) is 22.4 Å². The van der Waals surface area contributed by atoms with Gasteiger partial charge in [0.2, 0.25) is 0 Å². The van der Waals surface area contributed by atoms with Gasteiger partial charge in [-0.2, -0.15) is 0 Å². The van der Waals surface area contributed by atoms with E-state index in [0.717, 1.165) is 10.5 Å². The largest absolute Gasteiger partial charge is 0.395 e. The van der Waals surface area contributed by atoms with Crippen molar-refractivity contribution < 1.29 is 5.11 Å². The van der Waals surface area contributed by atoms with Crippen LogP contribution in [0.4, 0.5) is 17.3 Å². The second-order valence-electron chi connectivity index (χ2n) is 4.74. The molecule has 0 saturated heterocycles. The van der Waals surface area contributed by atoms with Crippen molar-refractivity contribution >= 4 is 29.1 Å². The summed E-state index contributed by atoms with van der Waals surface area (Å²) < 4.78 is 0. The summed E-state index contributed by atoms with van der Waals surface area (Å²) in [4.78, 5) is 4.94. The number of anilines is 3. The highest BCUT2D eigenvalue weighted by molar-refractivity contribution is 8.00. The number of hydrogen-bond acceptors (Lipinski definition) is 6. The van der Waals surface area contributed by atoms with Crippen LogP contribution in [0.1, 0.15) is 18.6 Å². The molecule has 112 valence electrons. The molecular weight excluding hydrogens is 284 g/mol. The average molecular weight is 304 g/mol. The molecule has 0 fully saturated rings. The monoisotopic (exact) mass is 304 g/mol. The van der Waals surface area contributed by atoms with Gasteiger partial charge in [0.15, 0.2) is 5.82 Å². The Labute approximate surface area is 128 Å². The summed E-state index contributed by atoms with van der Waals surface area (Å²) in [6.45, 7) is 1.96. The van der Waals surface area contributed by atoms with Crippen LogP contribution < -0.4 is 16.8 Å². The molecule has 0 bridgehead atoms. The Balaban J connectivity index is 2.20. The number of aromatic nitrogens is 1. The van der Waals surface area contributed by atoms with E-state index in [1.165, 1.54) is 11.8 Å². The third-order valence-electron chi connectivity index (χ3n) is 3.18. The molecule has 6 N–H and O–H groups in total. The van der Waals surface area contributed by atoms with Crippen LogP contribution in [0.5, 0.6) is 0 Å². The van der Waals surface area contributed by atoms with Crippen LogP contribution >= 0.6 is 11.8 Å². The van der Waals surface area contributed by atoms with Gasteiger partial charge < -0.3 is 21.9 Å². The first-order valence-corrected chi connectivity index (χ1v) is 7.54. The first kappa shape index (κ1) is 15.5. The van der Waals surface area contributed by atoms with E-state index in [1.54, 1.807) is 13.1 Å². The minimum Gasteiger partial charge on any atom is -0.395 e.